The summed E-state index contributed by atoms with van der Waals surface area (Å²) in [6.45, 7) is 1.97. The second kappa shape index (κ2) is 5.41. The van der Waals surface area contributed by atoms with Gasteiger partial charge in [0.1, 0.15) is 11.8 Å². The highest BCUT2D eigenvalue weighted by Gasteiger charge is 2.30. The average molecular weight is 299 g/mol. The SMILES string of the molecule is CC(C(=O)O)N(C)S(=O)(=O)c1ccc2c(c1)CCCO2. The van der Waals surface area contributed by atoms with E-state index in [4.69, 9.17) is 9.84 Å². The molecular formula is C13H17NO5S. The van der Waals surface area contributed by atoms with Crippen LogP contribution in [-0.2, 0) is 21.2 Å². The van der Waals surface area contributed by atoms with Crippen molar-refractivity contribution in [1.82, 2.24) is 4.31 Å². The average Bonchev–Trinajstić information content (AvgIpc) is 2.44. The van der Waals surface area contributed by atoms with Gasteiger partial charge in [0, 0.05) is 7.05 Å². The molecule has 1 unspecified atom stereocenters. The normalized spacial score (nSPS) is 16.4. The number of rotatable bonds is 4. The Kier molecular flexibility index (Phi) is 4.01. The van der Waals surface area contributed by atoms with Crippen molar-refractivity contribution in [3.05, 3.63) is 23.8 Å². The minimum Gasteiger partial charge on any atom is -0.493 e. The zero-order valence-electron chi connectivity index (χ0n) is 11.4. The number of ether oxygens (including phenoxy) is 1. The molecule has 6 nitrogen and oxygen atoms in total. The molecule has 7 heteroatoms. The van der Waals surface area contributed by atoms with E-state index in [2.05, 4.69) is 0 Å². The highest BCUT2D eigenvalue weighted by Crippen LogP contribution is 2.28. The summed E-state index contributed by atoms with van der Waals surface area (Å²) in [4.78, 5) is 11.0. The summed E-state index contributed by atoms with van der Waals surface area (Å²) in [7, 11) is -2.55. The number of carboxylic acid groups (broad SMARTS) is 1. The zero-order valence-corrected chi connectivity index (χ0v) is 12.2. The van der Waals surface area contributed by atoms with Crippen LogP contribution in [0.15, 0.2) is 23.1 Å². The summed E-state index contributed by atoms with van der Waals surface area (Å²) < 4.78 is 31.1. The number of nitrogens with zero attached hydrogens (tertiary/aromatic N) is 1. The molecule has 0 bridgehead atoms. The van der Waals surface area contributed by atoms with Crippen molar-refractivity contribution in [2.24, 2.45) is 0 Å². The molecule has 110 valence electrons. The molecule has 1 N–H and O–H groups in total. The molecule has 1 aromatic carbocycles. The van der Waals surface area contributed by atoms with Crippen molar-refractivity contribution in [3.63, 3.8) is 0 Å². The second-order valence-electron chi connectivity index (χ2n) is 4.76. The minimum atomic E-state index is -3.82. The van der Waals surface area contributed by atoms with E-state index in [1.54, 1.807) is 12.1 Å². The Morgan fingerprint density at radius 1 is 1.45 bits per heavy atom. The maximum absolute atomic E-state index is 12.4. The van der Waals surface area contributed by atoms with Crippen LogP contribution in [0.1, 0.15) is 18.9 Å². The van der Waals surface area contributed by atoms with Gasteiger partial charge in [-0.3, -0.25) is 4.79 Å². The van der Waals surface area contributed by atoms with Gasteiger partial charge < -0.3 is 9.84 Å². The largest absolute Gasteiger partial charge is 0.493 e. The molecule has 0 aromatic heterocycles. The van der Waals surface area contributed by atoms with Crippen molar-refractivity contribution in [2.45, 2.75) is 30.7 Å². The summed E-state index contributed by atoms with van der Waals surface area (Å²) >= 11 is 0. The highest BCUT2D eigenvalue weighted by molar-refractivity contribution is 7.89. The molecule has 1 aliphatic heterocycles. The van der Waals surface area contributed by atoms with Gasteiger partial charge in [0.05, 0.1) is 11.5 Å². The van der Waals surface area contributed by atoms with Crippen LogP contribution >= 0.6 is 0 Å². The van der Waals surface area contributed by atoms with Crippen LogP contribution < -0.4 is 4.74 Å². The molecule has 0 aliphatic carbocycles. The summed E-state index contributed by atoms with van der Waals surface area (Å²) in [6.07, 6.45) is 1.61. The van der Waals surface area contributed by atoms with Gasteiger partial charge in [-0.2, -0.15) is 4.31 Å². The van der Waals surface area contributed by atoms with E-state index < -0.39 is 22.0 Å². The quantitative estimate of drug-likeness (QED) is 0.900. The van der Waals surface area contributed by atoms with Crippen LogP contribution in [0.25, 0.3) is 0 Å². The smallest absolute Gasteiger partial charge is 0.321 e. The maximum atomic E-state index is 12.4. The van der Waals surface area contributed by atoms with Crippen LogP contribution in [0.3, 0.4) is 0 Å². The first-order valence-electron chi connectivity index (χ1n) is 6.30. The monoisotopic (exact) mass is 299 g/mol. The molecule has 0 radical (unpaired) electrons. The van der Waals surface area contributed by atoms with Crippen molar-refractivity contribution >= 4 is 16.0 Å². The number of sulfonamides is 1. The Labute approximate surface area is 118 Å². The van der Waals surface area contributed by atoms with Crippen molar-refractivity contribution in [3.8, 4) is 5.75 Å². The third-order valence-electron chi connectivity index (χ3n) is 3.46. The standard InChI is InChI=1S/C13H17NO5S/c1-9(13(15)16)14(2)20(17,18)11-5-6-12-10(8-11)4-3-7-19-12/h5-6,8-9H,3-4,7H2,1-2H3,(H,15,16). The van der Waals surface area contributed by atoms with E-state index >= 15 is 0 Å². The van der Waals surface area contributed by atoms with Gasteiger partial charge in [-0.15, -0.1) is 0 Å². The number of likely N-dealkylation sites (N-methyl/N-ethyl adjacent to an activating group) is 1. The van der Waals surface area contributed by atoms with E-state index in [0.29, 0.717) is 12.4 Å². The fourth-order valence-electron chi connectivity index (χ4n) is 2.03. The zero-order chi connectivity index (χ0) is 14.9. The van der Waals surface area contributed by atoms with Crippen LogP contribution in [-0.4, -0.2) is 43.5 Å². The summed E-state index contributed by atoms with van der Waals surface area (Å²) in [6, 6.07) is 3.52. The number of aryl methyl sites for hydroxylation is 1. The predicted molar refractivity (Wildman–Crippen MR) is 72.3 cm³/mol. The summed E-state index contributed by atoms with van der Waals surface area (Å²) in [5.74, 6) is -0.485. The molecule has 0 spiro atoms. The van der Waals surface area contributed by atoms with E-state index in [9.17, 15) is 13.2 Å². The number of carbonyl (C=O) groups is 1. The Morgan fingerprint density at radius 2 is 2.15 bits per heavy atom. The first kappa shape index (κ1) is 14.8. The molecule has 1 heterocycles. The fourth-order valence-corrected chi connectivity index (χ4v) is 3.40. The Bertz CT molecular complexity index is 626. The van der Waals surface area contributed by atoms with Crippen LogP contribution in [0, 0.1) is 0 Å². The van der Waals surface area contributed by atoms with Crippen LogP contribution in [0.4, 0.5) is 0 Å². The predicted octanol–water partition coefficient (Wildman–Crippen LogP) is 1.11. The van der Waals surface area contributed by atoms with Gasteiger partial charge in [0.2, 0.25) is 10.0 Å². The highest BCUT2D eigenvalue weighted by atomic mass is 32.2. The van der Waals surface area contributed by atoms with Gasteiger partial charge in [0.25, 0.3) is 0 Å². The number of fused-ring (bicyclic) bond motifs is 1. The molecule has 1 atom stereocenters. The van der Waals surface area contributed by atoms with Gasteiger partial charge in [0.15, 0.2) is 0 Å². The lowest BCUT2D eigenvalue weighted by atomic mass is 10.1. The number of benzene rings is 1. The third-order valence-corrected chi connectivity index (χ3v) is 5.38. The fraction of sp³-hybridized carbons (Fsp3) is 0.462. The number of hydrogen-bond acceptors (Lipinski definition) is 4. The lowest BCUT2D eigenvalue weighted by Crippen LogP contribution is -2.40. The lowest BCUT2D eigenvalue weighted by Gasteiger charge is -2.23. The first-order chi connectivity index (χ1) is 9.34. The first-order valence-corrected chi connectivity index (χ1v) is 7.74. The van der Waals surface area contributed by atoms with Gasteiger partial charge >= 0.3 is 5.97 Å². The Hall–Kier alpha value is -1.60. The van der Waals surface area contributed by atoms with Gasteiger partial charge in [-0.1, -0.05) is 0 Å². The molecule has 0 saturated carbocycles. The van der Waals surface area contributed by atoms with Crippen molar-refractivity contribution in [1.29, 1.82) is 0 Å². The lowest BCUT2D eigenvalue weighted by molar-refractivity contribution is -0.140. The summed E-state index contributed by atoms with van der Waals surface area (Å²) in [5, 5.41) is 8.93. The van der Waals surface area contributed by atoms with Gasteiger partial charge in [-0.05, 0) is 43.5 Å². The third kappa shape index (κ3) is 2.64. The molecule has 1 aromatic rings. The van der Waals surface area contributed by atoms with E-state index in [-0.39, 0.29) is 4.90 Å². The molecular weight excluding hydrogens is 282 g/mol. The van der Waals surface area contributed by atoms with Crippen LogP contribution in [0.5, 0.6) is 5.75 Å². The maximum Gasteiger partial charge on any atom is 0.321 e. The molecule has 20 heavy (non-hydrogen) atoms. The molecule has 2 rings (SSSR count). The molecule has 0 fully saturated rings. The molecule has 1 aliphatic rings. The van der Waals surface area contributed by atoms with E-state index in [1.165, 1.54) is 20.0 Å². The second-order valence-corrected chi connectivity index (χ2v) is 6.75. The Morgan fingerprint density at radius 3 is 2.80 bits per heavy atom. The number of carboxylic acids is 1. The summed E-state index contributed by atoms with van der Waals surface area (Å²) in [5.41, 5.74) is 0.841. The van der Waals surface area contributed by atoms with Crippen LogP contribution in [0.2, 0.25) is 0 Å². The van der Waals surface area contributed by atoms with Gasteiger partial charge in [-0.25, -0.2) is 8.42 Å². The topological polar surface area (TPSA) is 83.9 Å². The molecule has 0 amide bonds. The van der Waals surface area contributed by atoms with Crippen molar-refractivity contribution < 1.29 is 23.1 Å². The molecule has 0 saturated heterocycles. The van der Waals surface area contributed by atoms with E-state index in [1.807, 2.05) is 0 Å². The Balaban J connectivity index is 2.37. The number of hydrogen-bond donors (Lipinski definition) is 1. The van der Waals surface area contributed by atoms with Crippen molar-refractivity contribution in [2.75, 3.05) is 13.7 Å². The van der Waals surface area contributed by atoms with E-state index in [0.717, 1.165) is 22.7 Å². The minimum absolute atomic E-state index is 0.0948. The number of aliphatic carboxylic acids is 1.